The number of hydrogen-bond donors (Lipinski definition) is 2. The Hall–Kier alpha value is -0.880. The highest BCUT2D eigenvalue weighted by atomic mass is 32.2. The van der Waals surface area contributed by atoms with Gasteiger partial charge in [0.2, 0.25) is 0 Å². The van der Waals surface area contributed by atoms with Crippen LogP contribution in [0.5, 0.6) is 0 Å². The molecule has 0 aliphatic carbocycles. The zero-order chi connectivity index (χ0) is 10.8. The molecule has 0 aromatic rings. The lowest BCUT2D eigenvalue weighted by Crippen LogP contribution is -2.43. The van der Waals surface area contributed by atoms with Crippen molar-refractivity contribution in [2.75, 3.05) is 5.75 Å². The van der Waals surface area contributed by atoms with E-state index < -0.39 is 21.8 Å². The van der Waals surface area contributed by atoms with Crippen LogP contribution in [0, 0.1) is 0 Å². The van der Waals surface area contributed by atoms with Gasteiger partial charge in [0.25, 0.3) is 0 Å². The van der Waals surface area contributed by atoms with Gasteiger partial charge in [-0.05, 0) is 6.42 Å². The molecule has 0 radical (unpaired) electrons. The third-order valence-electron chi connectivity index (χ3n) is 2.05. The van der Waals surface area contributed by atoms with Gasteiger partial charge in [0, 0.05) is 11.4 Å². The molecule has 0 unspecified atom stereocenters. The van der Waals surface area contributed by atoms with E-state index in [1.807, 2.05) is 0 Å². The van der Waals surface area contributed by atoms with Crippen LogP contribution in [0.15, 0.2) is 11.5 Å². The van der Waals surface area contributed by atoms with Gasteiger partial charge in [-0.2, -0.15) is 0 Å². The molecular formula is C8H13NO4S. The first kappa shape index (κ1) is 11.2. The first-order chi connectivity index (χ1) is 6.44. The van der Waals surface area contributed by atoms with Crippen LogP contribution in [0.1, 0.15) is 13.3 Å². The zero-order valence-corrected chi connectivity index (χ0v) is 8.62. The summed E-state index contributed by atoms with van der Waals surface area (Å²) in [6, 6.07) is -1.06. The number of hydrogen-bond acceptors (Lipinski definition) is 4. The Morgan fingerprint density at radius 1 is 1.71 bits per heavy atom. The predicted octanol–water partition coefficient (Wildman–Crippen LogP) is -0.250. The SMILES string of the molecule is CC[C@H](N[C@@H]1C=CS(=O)(=O)C1)C(=O)O. The second-order valence-corrected chi connectivity index (χ2v) is 5.16. The Balaban J connectivity index is 2.55. The molecule has 6 heteroatoms. The highest BCUT2D eigenvalue weighted by Crippen LogP contribution is 2.09. The molecule has 1 heterocycles. The van der Waals surface area contributed by atoms with Crippen LogP contribution in [0.25, 0.3) is 0 Å². The summed E-state index contributed by atoms with van der Waals surface area (Å²) in [5.41, 5.74) is 0. The molecule has 0 fully saturated rings. The van der Waals surface area contributed by atoms with Crippen LogP contribution in [-0.4, -0.2) is 37.3 Å². The lowest BCUT2D eigenvalue weighted by Gasteiger charge is -2.15. The Bertz CT molecular complexity index is 346. The fraction of sp³-hybridized carbons (Fsp3) is 0.625. The molecule has 1 rings (SSSR count). The van der Waals surface area contributed by atoms with Gasteiger partial charge in [-0.3, -0.25) is 10.1 Å². The van der Waals surface area contributed by atoms with Crippen molar-refractivity contribution in [1.82, 2.24) is 5.32 Å². The summed E-state index contributed by atoms with van der Waals surface area (Å²) >= 11 is 0. The van der Waals surface area contributed by atoms with Crippen molar-refractivity contribution in [2.45, 2.75) is 25.4 Å². The van der Waals surface area contributed by atoms with Crippen LogP contribution < -0.4 is 5.32 Å². The first-order valence-electron chi connectivity index (χ1n) is 4.34. The molecule has 5 nitrogen and oxygen atoms in total. The summed E-state index contributed by atoms with van der Waals surface area (Å²) in [4.78, 5) is 10.6. The number of carbonyl (C=O) groups is 1. The van der Waals surface area contributed by atoms with Gasteiger partial charge in [-0.25, -0.2) is 8.42 Å². The number of rotatable bonds is 4. The molecule has 0 aromatic carbocycles. The summed E-state index contributed by atoms with van der Waals surface area (Å²) < 4.78 is 22.0. The van der Waals surface area contributed by atoms with Crippen molar-refractivity contribution in [1.29, 1.82) is 0 Å². The van der Waals surface area contributed by atoms with Crippen molar-refractivity contribution in [2.24, 2.45) is 0 Å². The molecule has 80 valence electrons. The van der Waals surface area contributed by atoms with Crippen molar-refractivity contribution in [3.8, 4) is 0 Å². The largest absolute Gasteiger partial charge is 0.480 e. The normalized spacial score (nSPS) is 26.2. The standard InChI is InChI=1S/C8H13NO4S/c1-2-7(8(10)11)9-6-3-4-14(12,13)5-6/h3-4,6-7,9H,2,5H2,1H3,(H,10,11)/t6-,7+/m1/s1. The molecule has 1 aliphatic heterocycles. The molecule has 0 amide bonds. The van der Waals surface area contributed by atoms with Gasteiger partial charge in [0.15, 0.2) is 9.84 Å². The van der Waals surface area contributed by atoms with Crippen molar-refractivity contribution in [3.63, 3.8) is 0 Å². The summed E-state index contributed by atoms with van der Waals surface area (Å²) in [5.74, 6) is -0.998. The van der Waals surface area contributed by atoms with Crippen molar-refractivity contribution in [3.05, 3.63) is 11.5 Å². The van der Waals surface area contributed by atoms with Crippen LogP contribution in [0.4, 0.5) is 0 Å². The van der Waals surface area contributed by atoms with E-state index in [4.69, 9.17) is 5.11 Å². The quantitative estimate of drug-likeness (QED) is 0.681. The molecule has 0 bridgehead atoms. The summed E-state index contributed by atoms with van der Waals surface area (Å²) in [7, 11) is -3.11. The topological polar surface area (TPSA) is 83.5 Å². The smallest absolute Gasteiger partial charge is 0.320 e. The minimum Gasteiger partial charge on any atom is -0.480 e. The molecule has 0 saturated heterocycles. The van der Waals surface area contributed by atoms with Gasteiger partial charge >= 0.3 is 5.97 Å². The second kappa shape index (κ2) is 4.10. The Morgan fingerprint density at radius 3 is 2.71 bits per heavy atom. The van der Waals surface area contributed by atoms with E-state index in [2.05, 4.69) is 5.32 Å². The number of carboxylic acid groups (broad SMARTS) is 1. The van der Waals surface area contributed by atoms with Crippen LogP contribution in [-0.2, 0) is 14.6 Å². The van der Waals surface area contributed by atoms with Crippen LogP contribution >= 0.6 is 0 Å². The number of aliphatic carboxylic acids is 1. The lowest BCUT2D eigenvalue weighted by atomic mass is 10.2. The molecule has 1 aliphatic rings. The van der Waals surface area contributed by atoms with Gasteiger partial charge in [0.05, 0.1) is 5.75 Å². The van der Waals surface area contributed by atoms with Gasteiger partial charge in [-0.1, -0.05) is 13.0 Å². The fourth-order valence-corrected chi connectivity index (χ4v) is 2.55. The van der Waals surface area contributed by atoms with E-state index in [1.165, 1.54) is 6.08 Å². The van der Waals surface area contributed by atoms with Crippen LogP contribution in [0.2, 0.25) is 0 Å². The maximum absolute atomic E-state index is 11.0. The summed E-state index contributed by atoms with van der Waals surface area (Å²) in [6.07, 6.45) is 1.92. The average Bonchev–Trinajstić information content (AvgIpc) is 2.41. The van der Waals surface area contributed by atoms with E-state index in [0.717, 1.165) is 5.41 Å². The zero-order valence-electron chi connectivity index (χ0n) is 7.80. The first-order valence-corrected chi connectivity index (χ1v) is 6.06. The van der Waals surface area contributed by atoms with E-state index in [1.54, 1.807) is 6.92 Å². The second-order valence-electron chi connectivity index (χ2n) is 3.23. The average molecular weight is 219 g/mol. The third-order valence-corrected chi connectivity index (χ3v) is 3.45. The van der Waals surface area contributed by atoms with Crippen molar-refractivity contribution < 1.29 is 18.3 Å². The van der Waals surface area contributed by atoms with E-state index in [9.17, 15) is 13.2 Å². The minimum atomic E-state index is -3.11. The van der Waals surface area contributed by atoms with Gasteiger partial charge in [0.1, 0.15) is 6.04 Å². The highest BCUT2D eigenvalue weighted by Gasteiger charge is 2.25. The lowest BCUT2D eigenvalue weighted by molar-refractivity contribution is -0.139. The molecule has 0 spiro atoms. The predicted molar refractivity (Wildman–Crippen MR) is 51.6 cm³/mol. The summed E-state index contributed by atoms with van der Waals surface area (Å²) in [6.45, 7) is 1.74. The van der Waals surface area contributed by atoms with E-state index in [-0.39, 0.29) is 11.8 Å². The van der Waals surface area contributed by atoms with E-state index in [0.29, 0.717) is 6.42 Å². The molecular weight excluding hydrogens is 206 g/mol. The number of carboxylic acids is 1. The molecule has 0 aromatic heterocycles. The van der Waals surface area contributed by atoms with Crippen molar-refractivity contribution >= 4 is 15.8 Å². The van der Waals surface area contributed by atoms with Crippen LogP contribution in [0.3, 0.4) is 0 Å². The maximum atomic E-state index is 11.0. The van der Waals surface area contributed by atoms with Gasteiger partial charge in [-0.15, -0.1) is 0 Å². The number of sulfone groups is 1. The Labute approximate surface area is 82.7 Å². The number of nitrogens with one attached hydrogen (secondary N) is 1. The molecule has 2 atom stereocenters. The molecule has 2 N–H and O–H groups in total. The third kappa shape index (κ3) is 2.81. The summed E-state index contributed by atoms with van der Waals surface area (Å²) in [5, 5.41) is 12.6. The Kier molecular flexibility index (Phi) is 3.28. The molecule has 0 saturated carbocycles. The Morgan fingerprint density at radius 2 is 2.36 bits per heavy atom. The monoisotopic (exact) mass is 219 g/mol. The maximum Gasteiger partial charge on any atom is 0.320 e. The minimum absolute atomic E-state index is 0.0449. The molecule has 14 heavy (non-hydrogen) atoms. The fourth-order valence-electron chi connectivity index (χ4n) is 1.30. The van der Waals surface area contributed by atoms with Gasteiger partial charge < -0.3 is 5.11 Å². The highest BCUT2D eigenvalue weighted by molar-refractivity contribution is 7.94. The van der Waals surface area contributed by atoms with E-state index >= 15 is 0 Å².